The Morgan fingerprint density at radius 3 is 2.90 bits per heavy atom. The van der Waals surface area contributed by atoms with E-state index in [0.29, 0.717) is 27.2 Å². The van der Waals surface area contributed by atoms with Crippen LogP contribution >= 0.6 is 31.9 Å². The average molecular weight is 399 g/mol. The second-order valence-corrected chi connectivity index (χ2v) is 6.04. The Balaban J connectivity index is 2.03. The van der Waals surface area contributed by atoms with E-state index in [-0.39, 0.29) is 12.1 Å². The average Bonchev–Trinajstić information content (AvgIpc) is 2.76. The molecule has 0 atom stereocenters. The van der Waals surface area contributed by atoms with Crippen molar-refractivity contribution in [3.63, 3.8) is 0 Å². The highest BCUT2D eigenvalue weighted by molar-refractivity contribution is 9.11. The van der Waals surface area contributed by atoms with Gasteiger partial charge in [-0.1, -0.05) is 0 Å². The molecule has 1 aromatic carbocycles. The Hall–Kier alpha value is -1.60. The van der Waals surface area contributed by atoms with Crippen LogP contribution < -0.4 is 11.3 Å². The van der Waals surface area contributed by atoms with Gasteiger partial charge in [-0.05, 0) is 56.1 Å². The first-order valence-corrected chi connectivity index (χ1v) is 7.32. The summed E-state index contributed by atoms with van der Waals surface area (Å²) >= 11 is 6.57. The van der Waals surface area contributed by atoms with Crippen molar-refractivity contribution < 1.29 is 4.42 Å². The Kier molecular flexibility index (Phi) is 3.39. The maximum Gasteiger partial charge on any atom is 0.265 e. The molecule has 0 saturated carbocycles. The van der Waals surface area contributed by atoms with Gasteiger partial charge in [-0.3, -0.25) is 4.79 Å². The first-order chi connectivity index (χ1) is 9.52. The summed E-state index contributed by atoms with van der Waals surface area (Å²) in [5.74, 6) is 0.456. The van der Waals surface area contributed by atoms with Crippen LogP contribution in [0, 0.1) is 0 Å². The standard InChI is InChI=1S/C13H9Br2N3O2/c14-7-3-9(15)13(19)18(5-7)6-12-17-10-4-8(16)1-2-11(10)20-12/h1-5H,6,16H2. The number of hydrogen-bond acceptors (Lipinski definition) is 4. The molecule has 0 unspecified atom stereocenters. The fourth-order valence-corrected chi connectivity index (χ4v) is 3.15. The van der Waals surface area contributed by atoms with E-state index in [4.69, 9.17) is 10.2 Å². The maximum absolute atomic E-state index is 12.0. The minimum absolute atomic E-state index is 0.144. The minimum atomic E-state index is -0.144. The number of fused-ring (bicyclic) bond motifs is 1. The number of hydrogen-bond donors (Lipinski definition) is 1. The highest BCUT2D eigenvalue weighted by Gasteiger charge is 2.09. The molecule has 2 N–H and O–H groups in total. The van der Waals surface area contributed by atoms with Gasteiger partial charge in [0, 0.05) is 16.4 Å². The van der Waals surface area contributed by atoms with Crippen LogP contribution in [-0.2, 0) is 6.54 Å². The van der Waals surface area contributed by atoms with E-state index in [9.17, 15) is 4.79 Å². The lowest BCUT2D eigenvalue weighted by Crippen LogP contribution is -2.20. The molecule has 0 spiro atoms. The van der Waals surface area contributed by atoms with E-state index >= 15 is 0 Å². The smallest absolute Gasteiger partial charge is 0.265 e. The zero-order chi connectivity index (χ0) is 14.3. The molecule has 0 aliphatic heterocycles. The molecule has 0 amide bonds. The molecule has 102 valence electrons. The number of pyridine rings is 1. The Bertz CT molecular complexity index is 854. The lowest BCUT2D eigenvalue weighted by atomic mass is 10.3. The fraction of sp³-hybridized carbons (Fsp3) is 0.0769. The molecule has 0 aliphatic carbocycles. The van der Waals surface area contributed by atoms with Crippen LogP contribution in [0.4, 0.5) is 5.69 Å². The zero-order valence-electron chi connectivity index (χ0n) is 10.1. The zero-order valence-corrected chi connectivity index (χ0v) is 13.3. The Labute approximate surface area is 130 Å². The van der Waals surface area contributed by atoms with Crippen molar-refractivity contribution in [3.05, 3.63) is 55.7 Å². The van der Waals surface area contributed by atoms with E-state index in [0.717, 1.165) is 4.47 Å². The number of nitrogens with two attached hydrogens (primary N) is 1. The largest absolute Gasteiger partial charge is 0.439 e. The number of halogens is 2. The third kappa shape index (κ3) is 2.51. The molecule has 2 aromatic heterocycles. The predicted octanol–water partition coefficient (Wildman–Crippen LogP) is 3.15. The van der Waals surface area contributed by atoms with Crippen molar-refractivity contribution >= 4 is 48.6 Å². The van der Waals surface area contributed by atoms with Crippen molar-refractivity contribution in [2.75, 3.05) is 5.73 Å². The second-order valence-electron chi connectivity index (χ2n) is 4.27. The summed E-state index contributed by atoms with van der Waals surface area (Å²) in [6.45, 7) is 0.255. The molecule has 3 aromatic rings. The fourth-order valence-electron chi connectivity index (χ4n) is 1.89. The molecular weight excluding hydrogens is 390 g/mol. The monoisotopic (exact) mass is 397 g/mol. The summed E-state index contributed by atoms with van der Waals surface area (Å²) < 4.78 is 8.40. The van der Waals surface area contributed by atoms with Crippen LogP contribution in [0.2, 0.25) is 0 Å². The van der Waals surface area contributed by atoms with Gasteiger partial charge in [0.25, 0.3) is 5.56 Å². The second kappa shape index (κ2) is 5.06. The van der Waals surface area contributed by atoms with Crippen LogP contribution in [0.25, 0.3) is 11.1 Å². The Morgan fingerprint density at radius 1 is 1.30 bits per heavy atom. The van der Waals surface area contributed by atoms with Crippen LogP contribution in [0.5, 0.6) is 0 Å². The number of aromatic nitrogens is 2. The van der Waals surface area contributed by atoms with Gasteiger partial charge in [-0.25, -0.2) is 4.98 Å². The van der Waals surface area contributed by atoms with Gasteiger partial charge < -0.3 is 14.7 Å². The molecule has 0 saturated heterocycles. The van der Waals surface area contributed by atoms with E-state index in [1.807, 2.05) is 0 Å². The summed E-state index contributed by atoms with van der Waals surface area (Å²) in [5, 5.41) is 0. The maximum atomic E-state index is 12.0. The van der Waals surface area contributed by atoms with Gasteiger partial charge in [-0.2, -0.15) is 0 Å². The number of rotatable bonds is 2. The normalized spacial score (nSPS) is 11.1. The number of oxazole rings is 1. The summed E-state index contributed by atoms with van der Waals surface area (Å²) in [5.41, 5.74) is 7.51. The molecule has 0 radical (unpaired) electrons. The van der Waals surface area contributed by atoms with Crippen molar-refractivity contribution in [1.82, 2.24) is 9.55 Å². The third-order valence-electron chi connectivity index (χ3n) is 2.77. The van der Waals surface area contributed by atoms with Gasteiger partial charge in [0.1, 0.15) is 12.1 Å². The van der Waals surface area contributed by atoms with Crippen molar-refractivity contribution in [1.29, 1.82) is 0 Å². The summed E-state index contributed by atoms with van der Waals surface area (Å²) in [4.78, 5) is 16.3. The molecule has 20 heavy (non-hydrogen) atoms. The van der Waals surface area contributed by atoms with Gasteiger partial charge >= 0.3 is 0 Å². The van der Waals surface area contributed by atoms with Crippen molar-refractivity contribution in [2.45, 2.75) is 6.54 Å². The summed E-state index contributed by atoms with van der Waals surface area (Å²) in [6.07, 6.45) is 1.69. The molecule has 2 heterocycles. The van der Waals surface area contributed by atoms with Crippen molar-refractivity contribution in [3.8, 4) is 0 Å². The number of nitrogen functional groups attached to an aromatic ring is 1. The molecule has 0 bridgehead atoms. The first kappa shape index (κ1) is 13.4. The van der Waals surface area contributed by atoms with E-state index < -0.39 is 0 Å². The number of nitrogens with zero attached hydrogens (tertiary/aromatic N) is 2. The van der Waals surface area contributed by atoms with Crippen LogP contribution in [0.3, 0.4) is 0 Å². The van der Waals surface area contributed by atoms with Gasteiger partial charge in [0.15, 0.2) is 5.58 Å². The van der Waals surface area contributed by atoms with E-state index in [2.05, 4.69) is 36.8 Å². The third-order valence-corrected chi connectivity index (χ3v) is 3.77. The van der Waals surface area contributed by atoms with Gasteiger partial charge in [0.2, 0.25) is 5.89 Å². The molecule has 7 heteroatoms. The minimum Gasteiger partial charge on any atom is -0.439 e. The predicted molar refractivity (Wildman–Crippen MR) is 83.6 cm³/mol. The van der Waals surface area contributed by atoms with Crippen LogP contribution in [0.1, 0.15) is 5.89 Å². The highest BCUT2D eigenvalue weighted by Crippen LogP contribution is 2.19. The van der Waals surface area contributed by atoms with Crippen LogP contribution in [0.15, 0.2) is 48.6 Å². The van der Waals surface area contributed by atoms with E-state index in [1.165, 1.54) is 4.57 Å². The topological polar surface area (TPSA) is 74.0 Å². The lowest BCUT2D eigenvalue weighted by Gasteiger charge is -2.03. The molecule has 3 rings (SSSR count). The quantitative estimate of drug-likeness (QED) is 0.673. The van der Waals surface area contributed by atoms with Gasteiger partial charge in [0.05, 0.1) is 4.47 Å². The van der Waals surface area contributed by atoms with Crippen LogP contribution in [-0.4, -0.2) is 9.55 Å². The first-order valence-electron chi connectivity index (χ1n) is 5.73. The summed E-state index contributed by atoms with van der Waals surface area (Å²) in [7, 11) is 0. The summed E-state index contributed by atoms with van der Waals surface area (Å²) in [6, 6.07) is 6.95. The van der Waals surface area contributed by atoms with E-state index in [1.54, 1.807) is 30.5 Å². The molecular formula is C13H9Br2N3O2. The van der Waals surface area contributed by atoms with Crippen molar-refractivity contribution in [2.24, 2.45) is 0 Å². The number of benzene rings is 1. The highest BCUT2D eigenvalue weighted by atomic mass is 79.9. The SMILES string of the molecule is Nc1ccc2oc(Cn3cc(Br)cc(Br)c3=O)nc2c1. The number of anilines is 1. The molecule has 0 aliphatic rings. The van der Waals surface area contributed by atoms with Gasteiger partial charge in [-0.15, -0.1) is 0 Å². The molecule has 5 nitrogen and oxygen atoms in total. The lowest BCUT2D eigenvalue weighted by molar-refractivity contribution is 0.503. The molecule has 0 fully saturated rings. The Morgan fingerprint density at radius 2 is 2.10 bits per heavy atom.